The molecule has 0 radical (unpaired) electrons. The number of carbonyl (C=O) groups excluding carboxylic acids is 1. The topological polar surface area (TPSA) is 50.4 Å². The normalized spacial score (nSPS) is 10.4. The number of anilines is 1. The summed E-state index contributed by atoms with van der Waals surface area (Å²) >= 11 is 17.8. The van der Waals surface area contributed by atoms with Crippen LogP contribution in [-0.2, 0) is 11.3 Å². The van der Waals surface area contributed by atoms with Crippen LogP contribution in [0.3, 0.4) is 0 Å². The van der Waals surface area contributed by atoms with Gasteiger partial charge >= 0.3 is 0 Å². The molecule has 0 aliphatic rings. The van der Waals surface area contributed by atoms with Gasteiger partial charge in [-0.1, -0.05) is 46.9 Å². The fraction of sp³-hybridized carbons (Fsp3) is 0.188. The lowest BCUT2D eigenvalue weighted by Crippen LogP contribution is -2.27. The second kappa shape index (κ2) is 8.41. The highest BCUT2D eigenvalue weighted by Gasteiger charge is 2.09. The molecular weight excluding hydrogens is 359 g/mol. The highest BCUT2D eigenvalue weighted by molar-refractivity contribution is 6.44. The van der Waals surface area contributed by atoms with Gasteiger partial charge in [0, 0.05) is 6.54 Å². The van der Waals surface area contributed by atoms with Gasteiger partial charge < -0.3 is 15.4 Å². The largest absolute Gasteiger partial charge is 0.497 e. The van der Waals surface area contributed by atoms with E-state index >= 15 is 0 Å². The Balaban J connectivity index is 1.84. The Labute approximate surface area is 149 Å². The molecule has 0 spiro atoms. The molecule has 122 valence electrons. The number of hydrogen-bond donors (Lipinski definition) is 2. The summed E-state index contributed by atoms with van der Waals surface area (Å²) in [6.07, 6.45) is 0. The van der Waals surface area contributed by atoms with Crippen molar-refractivity contribution in [2.75, 3.05) is 19.0 Å². The molecule has 0 saturated carbocycles. The van der Waals surface area contributed by atoms with Crippen LogP contribution in [0, 0.1) is 0 Å². The second-order valence-corrected chi connectivity index (χ2v) is 5.97. The maximum absolute atomic E-state index is 11.9. The van der Waals surface area contributed by atoms with Crippen molar-refractivity contribution in [3.63, 3.8) is 0 Å². The van der Waals surface area contributed by atoms with Crippen LogP contribution in [0.15, 0.2) is 36.4 Å². The van der Waals surface area contributed by atoms with Gasteiger partial charge in [-0.3, -0.25) is 4.79 Å². The third kappa shape index (κ3) is 5.29. The zero-order valence-corrected chi connectivity index (χ0v) is 14.6. The Morgan fingerprint density at radius 2 is 1.70 bits per heavy atom. The van der Waals surface area contributed by atoms with Gasteiger partial charge in [0.15, 0.2) is 0 Å². The van der Waals surface area contributed by atoms with Gasteiger partial charge in [0.2, 0.25) is 5.91 Å². The minimum atomic E-state index is -0.223. The fourth-order valence-electron chi connectivity index (χ4n) is 1.88. The van der Waals surface area contributed by atoms with Crippen molar-refractivity contribution in [2.24, 2.45) is 0 Å². The van der Waals surface area contributed by atoms with E-state index in [0.29, 0.717) is 27.3 Å². The van der Waals surface area contributed by atoms with Crippen LogP contribution in [-0.4, -0.2) is 19.6 Å². The molecule has 0 aliphatic heterocycles. The SMILES string of the molecule is COc1ccc(CNCC(=O)Nc2cc(Cl)c(Cl)cc2Cl)cc1. The molecule has 0 aliphatic carbocycles. The molecular formula is C16H15Cl3N2O2. The first-order valence-electron chi connectivity index (χ1n) is 6.77. The molecule has 0 saturated heterocycles. The minimum absolute atomic E-state index is 0.141. The third-order valence-electron chi connectivity index (χ3n) is 3.06. The van der Waals surface area contributed by atoms with Crippen molar-refractivity contribution in [3.05, 3.63) is 57.0 Å². The maximum Gasteiger partial charge on any atom is 0.238 e. The third-order valence-corrected chi connectivity index (χ3v) is 4.09. The Morgan fingerprint density at radius 1 is 1.04 bits per heavy atom. The van der Waals surface area contributed by atoms with Gasteiger partial charge in [0.25, 0.3) is 0 Å². The average Bonchev–Trinajstić information content (AvgIpc) is 2.53. The molecule has 0 atom stereocenters. The summed E-state index contributed by atoms with van der Waals surface area (Å²) in [6, 6.07) is 10.6. The van der Waals surface area contributed by atoms with Crippen molar-refractivity contribution >= 4 is 46.4 Å². The molecule has 0 fully saturated rings. The summed E-state index contributed by atoms with van der Waals surface area (Å²) in [5.41, 5.74) is 1.48. The van der Waals surface area contributed by atoms with Crippen molar-refractivity contribution in [2.45, 2.75) is 6.54 Å². The summed E-state index contributed by atoms with van der Waals surface area (Å²) in [6.45, 7) is 0.703. The predicted molar refractivity (Wildman–Crippen MR) is 94.8 cm³/mol. The Hall–Kier alpha value is -1.46. The lowest BCUT2D eigenvalue weighted by atomic mass is 10.2. The van der Waals surface area contributed by atoms with E-state index in [1.54, 1.807) is 7.11 Å². The van der Waals surface area contributed by atoms with Crippen molar-refractivity contribution in [1.29, 1.82) is 0 Å². The van der Waals surface area contributed by atoms with Crippen LogP contribution in [0.1, 0.15) is 5.56 Å². The predicted octanol–water partition coefficient (Wildman–Crippen LogP) is 4.38. The van der Waals surface area contributed by atoms with E-state index in [4.69, 9.17) is 39.5 Å². The first kappa shape index (κ1) is 17.9. The second-order valence-electron chi connectivity index (χ2n) is 4.75. The van der Waals surface area contributed by atoms with Gasteiger partial charge in [-0.2, -0.15) is 0 Å². The molecule has 0 heterocycles. The number of benzene rings is 2. The number of ether oxygens (including phenoxy) is 1. The first-order chi connectivity index (χ1) is 11.0. The van der Waals surface area contributed by atoms with Gasteiger partial charge in [0.05, 0.1) is 34.4 Å². The molecule has 0 aromatic heterocycles. The molecule has 0 bridgehead atoms. The summed E-state index contributed by atoms with van der Waals surface area (Å²) in [5.74, 6) is 0.569. The smallest absolute Gasteiger partial charge is 0.238 e. The van der Waals surface area contributed by atoms with E-state index in [1.807, 2.05) is 24.3 Å². The van der Waals surface area contributed by atoms with Crippen LogP contribution in [0.4, 0.5) is 5.69 Å². The molecule has 2 aromatic rings. The van der Waals surface area contributed by atoms with E-state index in [2.05, 4.69) is 10.6 Å². The first-order valence-corrected chi connectivity index (χ1v) is 7.91. The van der Waals surface area contributed by atoms with Crippen molar-refractivity contribution in [1.82, 2.24) is 5.32 Å². The maximum atomic E-state index is 11.9. The number of carbonyl (C=O) groups is 1. The standard InChI is InChI=1S/C16H15Cl3N2O2/c1-23-11-4-2-10(3-5-11)8-20-9-16(22)21-15-7-13(18)12(17)6-14(15)19/h2-7,20H,8-9H2,1H3,(H,21,22). The minimum Gasteiger partial charge on any atom is -0.497 e. The zero-order valence-electron chi connectivity index (χ0n) is 12.3. The average molecular weight is 374 g/mol. The Morgan fingerprint density at radius 3 is 2.35 bits per heavy atom. The van der Waals surface area contributed by atoms with Gasteiger partial charge in [-0.25, -0.2) is 0 Å². The highest BCUT2D eigenvalue weighted by atomic mass is 35.5. The van der Waals surface area contributed by atoms with Crippen LogP contribution in [0.25, 0.3) is 0 Å². The molecule has 0 unspecified atom stereocenters. The van der Waals surface area contributed by atoms with Crippen LogP contribution in [0.5, 0.6) is 5.75 Å². The van der Waals surface area contributed by atoms with E-state index in [9.17, 15) is 4.79 Å². The van der Waals surface area contributed by atoms with Gasteiger partial charge in [-0.05, 0) is 29.8 Å². The fourth-order valence-corrected chi connectivity index (χ4v) is 2.47. The molecule has 4 nitrogen and oxygen atoms in total. The number of nitrogens with one attached hydrogen (secondary N) is 2. The summed E-state index contributed by atoms with van der Waals surface area (Å²) in [7, 11) is 1.62. The number of halogens is 3. The monoisotopic (exact) mass is 372 g/mol. The van der Waals surface area contributed by atoms with Crippen molar-refractivity contribution in [3.8, 4) is 5.75 Å². The number of rotatable bonds is 6. The molecule has 7 heteroatoms. The molecule has 23 heavy (non-hydrogen) atoms. The number of amides is 1. The number of methoxy groups -OCH3 is 1. The summed E-state index contributed by atoms with van der Waals surface area (Å²) in [4.78, 5) is 11.9. The van der Waals surface area contributed by atoms with Crippen LogP contribution >= 0.6 is 34.8 Å². The van der Waals surface area contributed by atoms with E-state index in [-0.39, 0.29) is 12.5 Å². The van der Waals surface area contributed by atoms with E-state index in [0.717, 1.165) is 11.3 Å². The van der Waals surface area contributed by atoms with E-state index < -0.39 is 0 Å². The Kier molecular flexibility index (Phi) is 6.54. The van der Waals surface area contributed by atoms with Crippen LogP contribution < -0.4 is 15.4 Å². The van der Waals surface area contributed by atoms with Gasteiger partial charge in [0.1, 0.15) is 5.75 Å². The van der Waals surface area contributed by atoms with Crippen molar-refractivity contribution < 1.29 is 9.53 Å². The Bertz CT molecular complexity index is 690. The number of hydrogen-bond acceptors (Lipinski definition) is 3. The highest BCUT2D eigenvalue weighted by Crippen LogP contribution is 2.32. The van der Waals surface area contributed by atoms with Crippen LogP contribution in [0.2, 0.25) is 15.1 Å². The molecule has 2 aromatic carbocycles. The molecule has 1 amide bonds. The molecule has 2 N–H and O–H groups in total. The van der Waals surface area contributed by atoms with E-state index in [1.165, 1.54) is 12.1 Å². The zero-order chi connectivity index (χ0) is 16.8. The lowest BCUT2D eigenvalue weighted by Gasteiger charge is -2.10. The van der Waals surface area contributed by atoms with Gasteiger partial charge in [-0.15, -0.1) is 0 Å². The lowest BCUT2D eigenvalue weighted by molar-refractivity contribution is -0.115. The molecule has 2 rings (SSSR count). The quantitative estimate of drug-likeness (QED) is 0.739. The summed E-state index contributed by atoms with van der Waals surface area (Å²) in [5, 5.41) is 6.74. The summed E-state index contributed by atoms with van der Waals surface area (Å²) < 4.78 is 5.09.